The summed E-state index contributed by atoms with van der Waals surface area (Å²) >= 11 is 13.6. The van der Waals surface area contributed by atoms with Gasteiger partial charge in [-0.3, -0.25) is 14.5 Å². The quantitative estimate of drug-likeness (QED) is 0.319. The summed E-state index contributed by atoms with van der Waals surface area (Å²) in [6.07, 6.45) is 5.32. The number of nitrogens with zero attached hydrogens (tertiary/aromatic N) is 6. The third-order valence-corrected chi connectivity index (χ3v) is 12.6. The Hall–Kier alpha value is -2.66. The Morgan fingerprint density at radius 3 is 2.47 bits per heavy atom. The number of likely N-dealkylation sites (tertiary alicyclic amines) is 1. The van der Waals surface area contributed by atoms with E-state index in [-0.39, 0.29) is 40.4 Å². The van der Waals surface area contributed by atoms with E-state index in [0.717, 1.165) is 37.1 Å². The van der Waals surface area contributed by atoms with Crippen molar-refractivity contribution in [2.75, 3.05) is 20.1 Å². The molecular weight excluding hydrogens is 658 g/mol. The number of pyridine rings is 1. The average Bonchev–Trinajstić information content (AvgIpc) is 3.42. The van der Waals surface area contributed by atoms with Crippen LogP contribution in [0.25, 0.3) is 0 Å². The number of likely N-dealkylation sites (N-methyl/N-ethyl adjacent to an activating group) is 1. The van der Waals surface area contributed by atoms with E-state index in [0.29, 0.717) is 33.8 Å². The number of hydrogen-bond acceptors (Lipinski definition) is 7. The lowest BCUT2D eigenvalue weighted by Crippen LogP contribution is -2.62. The predicted molar refractivity (Wildman–Crippen MR) is 185 cm³/mol. The Morgan fingerprint density at radius 1 is 1.09 bits per heavy atom. The summed E-state index contributed by atoms with van der Waals surface area (Å²) in [5.41, 5.74) is 1.52. The second-order valence-corrected chi connectivity index (χ2v) is 16.2. The molecule has 5 atom stereocenters. The fourth-order valence-electron chi connectivity index (χ4n) is 8.13. The van der Waals surface area contributed by atoms with Gasteiger partial charge < -0.3 is 14.7 Å². The van der Waals surface area contributed by atoms with Gasteiger partial charge in [0, 0.05) is 48.2 Å². The first-order valence-corrected chi connectivity index (χ1v) is 18.1. The van der Waals surface area contributed by atoms with Crippen LogP contribution in [0.15, 0.2) is 52.1 Å². The lowest BCUT2D eigenvalue weighted by atomic mass is 9.81. The van der Waals surface area contributed by atoms with E-state index in [4.69, 9.17) is 28.2 Å². The average molecular weight is 700 g/mol. The van der Waals surface area contributed by atoms with Crippen LogP contribution >= 0.6 is 35.0 Å². The van der Waals surface area contributed by atoms with Gasteiger partial charge in [-0.05, 0) is 94.9 Å². The smallest absolute Gasteiger partial charge is 0.263 e. The number of thioether (sulfide) groups is 1. The Balaban J connectivity index is 1.27. The van der Waals surface area contributed by atoms with Crippen LogP contribution in [0.1, 0.15) is 77.5 Å². The maximum Gasteiger partial charge on any atom is 0.263 e. The first-order valence-electron chi connectivity index (χ1n) is 16.5. The molecule has 4 aliphatic heterocycles. The molecule has 8 nitrogen and oxygen atoms in total. The summed E-state index contributed by atoms with van der Waals surface area (Å²) in [6.45, 7) is 11.8. The van der Waals surface area contributed by atoms with E-state index in [1.54, 1.807) is 18.3 Å². The van der Waals surface area contributed by atoms with Gasteiger partial charge in [0.15, 0.2) is 5.17 Å². The highest BCUT2D eigenvalue weighted by Gasteiger charge is 2.56. The van der Waals surface area contributed by atoms with Gasteiger partial charge in [-0.25, -0.2) is 14.4 Å². The minimum Gasteiger partial charge on any atom is -0.335 e. The first-order chi connectivity index (χ1) is 22.3. The highest BCUT2D eigenvalue weighted by molar-refractivity contribution is 8.18. The molecule has 0 radical (unpaired) electrons. The zero-order chi connectivity index (χ0) is 33.6. The highest BCUT2D eigenvalue weighted by atomic mass is 35.5. The highest BCUT2D eigenvalue weighted by Crippen LogP contribution is 2.56. The number of halogens is 3. The van der Waals surface area contributed by atoms with Crippen molar-refractivity contribution in [2.24, 2.45) is 10.9 Å². The minimum atomic E-state index is -0.870. The fourth-order valence-corrected chi connectivity index (χ4v) is 9.71. The molecule has 250 valence electrons. The molecule has 0 N–H and O–H groups in total. The van der Waals surface area contributed by atoms with Gasteiger partial charge in [0.2, 0.25) is 5.91 Å². The number of hydrogen-bond donors (Lipinski definition) is 0. The monoisotopic (exact) mass is 698 g/mol. The summed E-state index contributed by atoms with van der Waals surface area (Å²) in [5, 5.41) is 1.06. The Labute approximate surface area is 290 Å². The van der Waals surface area contributed by atoms with Gasteiger partial charge in [-0.2, -0.15) is 0 Å². The second kappa shape index (κ2) is 11.7. The van der Waals surface area contributed by atoms with Crippen molar-refractivity contribution < 1.29 is 14.0 Å². The molecule has 5 aliphatic rings. The zero-order valence-corrected chi connectivity index (χ0v) is 30.0. The van der Waals surface area contributed by atoms with Crippen LogP contribution in [-0.4, -0.2) is 85.4 Å². The number of amidine groups is 1. The van der Waals surface area contributed by atoms with Crippen LogP contribution in [0.4, 0.5) is 4.39 Å². The van der Waals surface area contributed by atoms with Gasteiger partial charge in [0.1, 0.15) is 27.5 Å². The number of carbonyl (C=O) groups excluding carboxylic acids is 2. The minimum absolute atomic E-state index is 0.0371. The van der Waals surface area contributed by atoms with Crippen molar-refractivity contribution in [1.29, 1.82) is 0 Å². The van der Waals surface area contributed by atoms with E-state index < -0.39 is 23.4 Å². The largest absolute Gasteiger partial charge is 0.335 e. The SMILES string of the molecule is CC(C)C1=C(C(=O)N2[C@H](C)CC[C@H]2C(=O)N2CC3(CC3)N(C)C[C@H]2C)SC2=N[C@@](C)(c3ccc(Cl)nc3)[C@@H](c3ccc(Cl)c(F)c3)N21. The molecule has 2 aromatic rings. The lowest BCUT2D eigenvalue weighted by Gasteiger charge is -2.46. The number of aliphatic imine (C=N–C) groups is 1. The molecule has 12 heteroatoms. The maximum absolute atomic E-state index is 15.0. The number of fused-ring (bicyclic) bond motifs is 1. The number of allylic oxidation sites excluding steroid dienone is 1. The van der Waals surface area contributed by atoms with Gasteiger partial charge in [0.25, 0.3) is 5.91 Å². The number of rotatable bonds is 5. The van der Waals surface area contributed by atoms with Crippen molar-refractivity contribution in [1.82, 2.24) is 24.6 Å². The molecule has 5 heterocycles. The molecule has 2 saturated heterocycles. The molecule has 1 spiro atoms. The van der Waals surface area contributed by atoms with Crippen molar-refractivity contribution in [3.8, 4) is 0 Å². The van der Waals surface area contributed by atoms with Crippen LogP contribution in [0.5, 0.6) is 0 Å². The van der Waals surface area contributed by atoms with Crippen molar-refractivity contribution in [2.45, 2.75) is 95.5 Å². The number of aromatic nitrogens is 1. The molecule has 0 unspecified atom stereocenters. The summed E-state index contributed by atoms with van der Waals surface area (Å²) in [6, 6.07) is 7.45. The summed E-state index contributed by atoms with van der Waals surface area (Å²) < 4.78 is 15.0. The Kier molecular flexibility index (Phi) is 8.21. The van der Waals surface area contributed by atoms with Crippen LogP contribution in [0.2, 0.25) is 10.2 Å². The molecule has 7 rings (SSSR count). The number of carbonyl (C=O) groups is 2. The number of benzene rings is 1. The van der Waals surface area contributed by atoms with Crippen LogP contribution < -0.4 is 0 Å². The Morgan fingerprint density at radius 2 is 1.83 bits per heavy atom. The standard InChI is InChI=1S/C35H41Cl2FN6O2S/c1-19(2)28-29(32(46)43-20(3)7-11-26(43)31(45)42-18-35(13-14-35)41(6)17-21(42)4)47-33-40-34(5,23-9-12-27(37)39-16-23)30(44(28)33)22-8-10-24(36)25(38)15-22/h8-10,12,15-16,19-21,26,30H,7,11,13-14,17-18H2,1-6H3/t20-,21-,26+,30-,34+/m1/s1. The molecule has 47 heavy (non-hydrogen) atoms. The van der Waals surface area contributed by atoms with Gasteiger partial charge in [0.05, 0.1) is 11.1 Å². The number of amides is 2. The summed E-state index contributed by atoms with van der Waals surface area (Å²) in [5.74, 6) is -0.679. The first kappa shape index (κ1) is 32.9. The molecule has 1 saturated carbocycles. The van der Waals surface area contributed by atoms with Crippen LogP contribution in [-0.2, 0) is 15.1 Å². The Bertz CT molecular complexity index is 1700. The molecule has 1 aliphatic carbocycles. The lowest BCUT2D eigenvalue weighted by molar-refractivity contribution is -0.147. The van der Waals surface area contributed by atoms with E-state index >= 15 is 4.39 Å². The fraction of sp³-hybridized carbons (Fsp3) is 0.543. The normalized spacial score (nSPS) is 30.1. The van der Waals surface area contributed by atoms with Crippen LogP contribution in [0, 0.1) is 11.7 Å². The molecular formula is C35H41Cl2FN6O2S. The molecule has 1 aromatic heterocycles. The third kappa shape index (κ3) is 5.29. The van der Waals surface area contributed by atoms with E-state index in [9.17, 15) is 9.59 Å². The zero-order valence-electron chi connectivity index (χ0n) is 27.6. The number of piperazine rings is 1. The van der Waals surface area contributed by atoms with Crippen LogP contribution in [0.3, 0.4) is 0 Å². The van der Waals surface area contributed by atoms with Gasteiger partial charge in [-0.1, -0.05) is 49.2 Å². The summed E-state index contributed by atoms with van der Waals surface area (Å²) in [7, 11) is 2.16. The van der Waals surface area contributed by atoms with Crippen molar-refractivity contribution >= 4 is 51.9 Å². The molecule has 3 fully saturated rings. The molecule has 0 bridgehead atoms. The third-order valence-electron chi connectivity index (χ3n) is 11.0. The van der Waals surface area contributed by atoms with Crippen molar-refractivity contribution in [3.63, 3.8) is 0 Å². The summed E-state index contributed by atoms with van der Waals surface area (Å²) in [4.78, 5) is 47.6. The predicted octanol–water partition coefficient (Wildman–Crippen LogP) is 6.84. The van der Waals surface area contributed by atoms with Gasteiger partial charge >= 0.3 is 0 Å². The topological polar surface area (TPSA) is 72.4 Å². The van der Waals surface area contributed by atoms with Gasteiger partial charge in [-0.15, -0.1) is 0 Å². The van der Waals surface area contributed by atoms with E-state index in [1.165, 1.54) is 17.8 Å². The maximum atomic E-state index is 15.0. The van der Waals surface area contributed by atoms with Crippen molar-refractivity contribution in [3.05, 3.63) is 74.3 Å². The van der Waals surface area contributed by atoms with E-state index in [2.05, 4.69) is 42.6 Å². The molecule has 2 amide bonds. The second-order valence-electron chi connectivity index (χ2n) is 14.4. The van der Waals surface area contributed by atoms with E-state index in [1.807, 2.05) is 35.8 Å². The molecule has 1 aromatic carbocycles.